The Balaban J connectivity index is 1.35. The maximum Gasteiger partial charge on any atom is 0.220 e. The molecule has 0 unspecified atom stereocenters. The smallest absolute Gasteiger partial charge is 0.220 e. The Bertz CT molecular complexity index is 1480. The second-order valence-electron chi connectivity index (χ2n) is 8.67. The summed E-state index contributed by atoms with van der Waals surface area (Å²) in [6, 6.07) is 34.4. The molecule has 36 heavy (non-hydrogen) atoms. The van der Waals surface area contributed by atoms with Crippen LogP contribution < -0.4 is 10.1 Å². The topological polar surface area (TPSA) is 43.3 Å². The summed E-state index contributed by atoms with van der Waals surface area (Å²) in [4.78, 5) is 12.8. The molecule has 1 amide bonds. The number of carbonyl (C=O) groups is 1. The second kappa shape index (κ2) is 10.7. The van der Waals surface area contributed by atoms with Crippen LogP contribution in [0, 0.1) is 0 Å². The van der Waals surface area contributed by atoms with Crippen LogP contribution in [0.1, 0.15) is 17.7 Å². The summed E-state index contributed by atoms with van der Waals surface area (Å²) in [6.07, 6.45) is 1.01. The summed E-state index contributed by atoms with van der Waals surface area (Å²) in [5, 5.41) is 6.14. The molecular formula is C31H27ClN2O2. The Hall–Kier alpha value is -4.02. The van der Waals surface area contributed by atoms with E-state index in [2.05, 4.69) is 46.3 Å². The molecule has 1 aromatic heterocycles. The number of aryl methyl sites for hydroxylation is 1. The fourth-order valence-electron chi connectivity index (χ4n) is 4.53. The minimum atomic E-state index is 0.0264. The standard InChI is InChI=1S/C31H27ClN2O2/c1-36-28-17-13-26(14-18-28)34-27(15-19-30(34)23-9-11-25(32)12-10-23)16-20-31(35)33-21-24-7-4-6-22-5-2-3-8-29(22)24/h2-15,17-19H,16,20-21H2,1H3,(H,33,35). The van der Waals surface area contributed by atoms with Gasteiger partial charge in [-0.2, -0.15) is 0 Å². The largest absolute Gasteiger partial charge is 0.497 e. The molecule has 0 atom stereocenters. The fraction of sp³-hybridized carbons (Fsp3) is 0.129. The number of nitrogens with one attached hydrogen (secondary N) is 1. The van der Waals surface area contributed by atoms with Gasteiger partial charge in [0.25, 0.3) is 0 Å². The van der Waals surface area contributed by atoms with Crippen LogP contribution in [0.5, 0.6) is 5.75 Å². The molecule has 4 nitrogen and oxygen atoms in total. The lowest BCUT2D eigenvalue weighted by molar-refractivity contribution is -0.121. The van der Waals surface area contributed by atoms with Gasteiger partial charge in [0.2, 0.25) is 5.91 Å². The minimum Gasteiger partial charge on any atom is -0.497 e. The third-order valence-electron chi connectivity index (χ3n) is 6.40. The number of hydrogen-bond acceptors (Lipinski definition) is 2. The summed E-state index contributed by atoms with van der Waals surface area (Å²) in [6.45, 7) is 0.510. The molecule has 0 saturated carbocycles. The highest BCUT2D eigenvalue weighted by Gasteiger charge is 2.14. The van der Waals surface area contributed by atoms with E-state index in [0.717, 1.165) is 34.0 Å². The average Bonchev–Trinajstić information content (AvgIpc) is 3.35. The molecule has 0 aliphatic carbocycles. The van der Waals surface area contributed by atoms with Crippen LogP contribution >= 0.6 is 11.6 Å². The van der Waals surface area contributed by atoms with Gasteiger partial charge in [0.15, 0.2) is 0 Å². The molecule has 180 valence electrons. The van der Waals surface area contributed by atoms with Crippen molar-refractivity contribution in [1.82, 2.24) is 9.88 Å². The van der Waals surface area contributed by atoms with Gasteiger partial charge in [0, 0.05) is 29.4 Å². The quantitative estimate of drug-likeness (QED) is 0.247. The zero-order valence-corrected chi connectivity index (χ0v) is 20.8. The van der Waals surface area contributed by atoms with Crippen molar-refractivity contribution in [3.05, 3.63) is 119 Å². The molecular weight excluding hydrogens is 468 g/mol. The molecule has 5 heteroatoms. The number of fused-ring (bicyclic) bond motifs is 1. The SMILES string of the molecule is COc1ccc(-n2c(CCC(=O)NCc3cccc4ccccc34)ccc2-c2ccc(Cl)cc2)cc1. The van der Waals surface area contributed by atoms with E-state index in [-0.39, 0.29) is 5.91 Å². The first-order valence-electron chi connectivity index (χ1n) is 12.0. The number of carbonyl (C=O) groups excluding carboxylic acids is 1. The highest BCUT2D eigenvalue weighted by Crippen LogP contribution is 2.29. The molecule has 1 heterocycles. The first-order chi connectivity index (χ1) is 17.6. The van der Waals surface area contributed by atoms with Crippen molar-refractivity contribution in [3.63, 3.8) is 0 Å². The van der Waals surface area contributed by atoms with Crippen molar-refractivity contribution in [2.45, 2.75) is 19.4 Å². The maximum atomic E-state index is 12.8. The van der Waals surface area contributed by atoms with Crippen LogP contribution in [0.25, 0.3) is 27.7 Å². The van der Waals surface area contributed by atoms with Crippen molar-refractivity contribution < 1.29 is 9.53 Å². The van der Waals surface area contributed by atoms with Crippen molar-refractivity contribution in [2.24, 2.45) is 0 Å². The number of aromatic nitrogens is 1. The van der Waals surface area contributed by atoms with Crippen LogP contribution in [-0.2, 0) is 17.8 Å². The molecule has 0 aliphatic rings. The third kappa shape index (κ3) is 5.14. The Kier molecular flexibility index (Phi) is 7.06. The second-order valence-corrected chi connectivity index (χ2v) is 9.10. The van der Waals surface area contributed by atoms with Crippen molar-refractivity contribution in [2.75, 3.05) is 7.11 Å². The van der Waals surface area contributed by atoms with Crippen LogP contribution in [0.4, 0.5) is 0 Å². The number of amides is 1. The van der Waals surface area contributed by atoms with Crippen molar-refractivity contribution >= 4 is 28.3 Å². The van der Waals surface area contributed by atoms with E-state index in [9.17, 15) is 4.79 Å². The first-order valence-corrected chi connectivity index (χ1v) is 12.3. The van der Waals surface area contributed by atoms with Gasteiger partial charge >= 0.3 is 0 Å². The minimum absolute atomic E-state index is 0.0264. The molecule has 0 saturated heterocycles. The molecule has 0 bridgehead atoms. The summed E-state index contributed by atoms with van der Waals surface area (Å²) < 4.78 is 7.53. The summed E-state index contributed by atoms with van der Waals surface area (Å²) >= 11 is 6.12. The Morgan fingerprint density at radius 1 is 0.861 bits per heavy atom. The van der Waals surface area contributed by atoms with Gasteiger partial charge in [-0.25, -0.2) is 0 Å². The van der Waals surface area contributed by atoms with Gasteiger partial charge in [0.05, 0.1) is 12.8 Å². The molecule has 5 aromatic rings. The van der Waals surface area contributed by atoms with Gasteiger partial charge in [-0.1, -0.05) is 66.2 Å². The lowest BCUT2D eigenvalue weighted by Gasteiger charge is -2.15. The Morgan fingerprint density at radius 2 is 1.61 bits per heavy atom. The molecule has 0 spiro atoms. The molecule has 0 fully saturated rings. The number of nitrogens with zero attached hydrogens (tertiary/aromatic N) is 1. The van der Waals surface area contributed by atoms with Gasteiger partial charge in [0.1, 0.15) is 5.75 Å². The summed E-state index contributed by atoms with van der Waals surface area (Å²) in [7, 11) is 1.66. The van der Waals surface area contributed by atoms with Gasteiger partial charge in [-0.15, -0.1) is 0 Å². The van der Waals surface area contributed by atoms with Crippen molar-refractivity contribution in [1.29, 1.82) is 0 Å². The number of hydrogen-bond donors (Lipinski definition) is 1. The van der Waals surface area contributed by atoms with E-state index in [1.807, 2.05) is 66.7 Å². The lowest BCUT2D eigenvalue weighted by atomic mass is 10.0. The molecule has 0 radical (unpaired) electrons. The van der Waals surface area contributed by atoms with Crippen LogP contribution in [0.3, 0.4) is 0 Å². The van der Waals surface area contributed by atoms with E-state index in [0.29, 0.717) is 24.4 Å². The van der Waals surface area contributed by atoms with Gasteiger partial charge in [-0.05, 0) is 76.9 Å². The van der Waals surface area contributed by atoms with Crippen molar-refractivity contribution in [3.8, 4) is 22.7 Å². The highest BCUT2D eigenvalue weighted by atomic mass is 35.5. The average molecular weight is 495 g/mol. The number of methoxy groups -OCH3 is 1. The lowest BCUT2D eigenvalue weighted by Crippen LogP contribution is -2.23. The Labute approximate surface area is 216 Å². The van der Waals surface area contributed by atoms with Crippen LogP contribution in [0.2, 0.25) is 5.02 Å². The van der Waals surface area contributed by atoms with Gasteiger partial charge in [-0.3, -0.25) is 4.79 Å². The number of benzene rings is 4. The molecule has 0 aliphatic heterocycles. The van der Waals surface area contributed by atoms with Crippen LogP contribution in [0.15, 0.2) is 103 Å². The summed E-state index contributed by atoms with van der Waals surface area (Å²) in [5.41, 5.74) is 5.29. The van der Waals surface area contributed by atoms with E-state index >= 15 is 0 Å². The monoisotopic (exact) mass is 494 g/mol. The predicted molar refractivity (Wildman–Crippen MR) is 147 cm³/mol. The first kappa shape index (κ1) is 23.7. The maximum absolute atomic E-state index is 12.8. The van der Waals surface area contributed by atoms with Crippen LogP contribution in [-0.4, -0.2) is 17.6 Å². The molecule has 4 aromatic carbocycles. The number of rotatable bonds is 8. The fourth-order valence-corrected chi connectivity index (χ4v) is 4.65. The predicted octanol–water partition coefficient (Wildman–Crippen LogP) is 7.21. The zero-order chi connectivity index (χ0) is 24.9. The molecule has 1 N–H and O–H groups in total. The normalized spacial score (nSPS) is 10.9. The van der Waals surface area contributed by atoms with E-state index < -0.39 is 0 Å². The molecule has 5 rings (SSSR count). The Morgan fingerprint density at radius 3 is 2.39 bits per heavy atom. The zero-order valence-electron chi connectivity index (χ0n) is 20.1. The third-order valence-corrected chi connectivity index (χ3v) is 6.65. The number of ether oxygens (including phenoxy) is 1. The van der Waals surface area contributed by atoms with Gasteiger partial charge < -0.3 is 14.6 Å². The highest BCUT2D eigenvalue weighted by molar-refractivity contribution is 6.30. The van der Waals surface area contributed by atoms with E-state index in [1.54, 1.807) is 7.11 Å². The van der Waals surface area contributed by atoms with E-state index in [1.165, 1.54) is 10.8 Å². The van der Waals surface area contributed by atoms with E-state index in [4.69, 9.17) is 16.3 Å². The summed E-state index contributed by atoms with van der Waals surface area (Å²) in [5.74, 6) is 0.826. The number of halogens is 1.